The molecule has 3 N–H and O–H groups in total. The highest BCUT2D eigenvalue weighted by atomic mass is 32.2. The first-order chi connectivity index (χ1) is 14.5. The van der Waals surface area contributed by atoms with E-state index in [-0.39, 0.29) is 11.5 Å². The number of hydrogen-bond donors (Lipinski definition) is 2. The lowest BCUT2D eigenvalue weighted by molar-refractivity contribution is -0.0659. The number of nitrogens with two attached hydrogens (primary N) is 1. The molecule has 1 spiro atoms. The van der Waals surface area contributed by atoms with E-state index in [4.69, 9.17) is 5.73 Å². The maximum absolute atomic E-state index is 11.0. The minimum Gasteiger partial charge on any atom is -0.399 e. The molecule has 2 nitrogen and oxygen atoms in total. The predicted molar refractivity (Wildman–Crippen MR) is 130 cm³/mol. The predicted octanol–water partition coefficient (Wildman–Crippen LogP) is 6.07. The first-order valence-corrected chi connectivity index (χ1v) is 14.0. The Morgan fingerprint density at radius 1 is 1.00 bits per heavy atom. The van der Waals surface area contributed by atoms with Gasteiger partial charge < -0.3 is 10.8 Å². The Labute approximate surface area is 189 Å². The molecule has 4 fully saturated rings. The number of benzene rings is 1. The third kappa shape index (κ3) is 2.96. The highest BCUT2D eigenvalue weighted by Gasteiger charge is 2.59. The van der Waals surface area contributed by atoms with Crippen molar-refractivity contribution in [1.82, 2.24) is 0 Å². The monoisotopic (exact) mass is 441 g/mol. The molecule has 4 heteroatoms. The van der Waals surface area contributed by atoms with Gasteiger partial charge in [0.25, 0.3) is 0 Å². The minimum absolute atomic E-state index is 0.0848. The average molecular weight is 442 g/mol. The SMILES string of the molecule is CC12CC(c3ccc(N)cc3)C3C4CCC5(C=C4CCC3C1CCC2O)SCCS5. The maximum Gasteiger partial charge on any atom is 0.0794 e. The summed E-state index contributed by atoms with van der Waals surface area (Å²) >= 11 is 4.41. The van der Waals surface area contributed by atoms with Gasteiger partial charge in [0.05, 0.1) is 10.2 Å². The molecule has 1 heterocycles. The summed E-state index contributed by atoms with van der Waals surface area (Å²) in [5.41, 5.74) is 10.2. The van der Waals surface area contributed by atoms with Crippen LogP contribution in [-0.4, -0.2) is 26.8 Å². The van der Waals surface area contributed by atoms with Crippen molar-refractivity contribution in [2.75, 3.05) is 17.2 Å². The topological polar surface area (TPSA) is 46.2 Å². The molecule has 5 aliphatic rings. The Morgan fingerprint density at radius 3 is 2.53 bits per heavy atom. The van der Waals surface area contributed by atoms with Crippen LogP contribution in [0.2, 0.25) is 0 Å². The number of allylic oxidation sites excluding steroid dienone is 1. The van der Waals surface area contributed by atoms with Crippen molar-refractivity contribution in [2.24, 2.45) is 29.1 Å². The third-order valence-electron chi connectivity index (χ3n) is 9.55. The summed E-state index contributed by atoms with van der Waals surface area (Å²) in [5, 5.41) is 11.0. The Balaban J connectivity index is 1.41. The smallest absolute Gasteiger partial charge is 0.0794 e. The van der Waals surface area contributed by atoms with Crippen LogP contribution in [0.5, 0.6) is 0 Å². The summed E-state index contributed by atoms with van der Waals surface area (Å²) in [6, 6.07) is 8.75. The van der Waals surface area contributed by atoms with E-state index in [1.807, 2.05) is 0 Å². The van der Waals surface area contributed by atoms with Gasteiger partial charge in [0, 0.05) is 17.2 Å². The largest absolute Gasteiger partial charge is 0.399 e. The van der Waals surface area contributed by atoms with Crippen LogP contribution in [0.4, 0.5) is 5.69 Å². The van der Waals surface area contributed by atoms with Crippen molar-refractivity contribution in [3.8, 4) is 0 Å². The van der Waals surface area contributed by atoms with Crippen LogP contribution in [0, 0.1) is 29.1 Å². The third-order valence-corrected chi connectivity index (χ3v) is 13.0. The summed E-state index contributed by atoms with van der Waals surface area (Å²) in [7, 11) is 0. The van der Waals surface area contributed by atoms with Crippen LogP contribution in [0.15, 0.2) is 35.9 Å². The zero-order chi connectivity index (χ0) is 20.5. The number of fused-ring (bicyclic) bond motifs is 5. The molecule has 3 saturated carbocycles. The van der Waals surface area contributed by atoms with E-state index in [0.29, 0.717) is 15.9 Å². The molecule has 4 aliphatic carbocycles. The van der Waals surface area contributed by atoms with E-state index in [2.05, 4.69) is 60.8 Å². The second-order valence-corrected chi connectivity index (χ2v) is 13.9. The first kappa shape index (κ1) is 20.1. The summed E-state index contributed by atoms with van der Waals surface area (Å²) in [6.07, 6.45) is 11.3. The highest BCUT2D eigenvalue weighted by molar-refractivity contribution is 8.21. The van der Waals surface area contributed by atoms with Gasteiger partial charge in [0.1, 0.15) is 0 Å². The fourth-order valence-corrected chi connectivity index (χ4v) is 11.4. The van der Waals surface area contributed by atoms with E-state index in [1.165, 1.54) is 49.2 Å². The Morgan fingerprint density at radius 2 is 1.77 bits per heavy atom. The van der Waals surface area contributed by atoms with Gasteiger partial charge in [0.15, 0.2) is 0 Å². The molecule has 1 aromatic rings. The molecular formula is C26H35NOS2. The first-order valence-electron chi connectivity index (χ1n) is 12.0. The fourth-order valence-electron chi connectivity index (χ4n) is 8.20. The molecule has 1 aromatic carbocycles. The van der Waals surface area contributed by atoms with Gasteiger partial charge in [-0.3, -0.25) is 0 Å². The quantitative estimate of drug-likeness (QED) is 0.410. The van der Waals surface area contributed by atoms with Crippen molar-refractivity contribution in [3.63, 3.8) is 0 Å². The van der Waals surface area contributed by atoms with Crippen molar-refractivity contribution in [1.29, 1.82) is 0 Å². The molecule has 0 bridgehead atoms. The number of anilines is 1. The van der Waals surface area contributed by atoms with Gasteiger partial charge in [0.2, 0.25) is 0 Å². The molecule has 0 aromatic heterocycles. The van der Waals surface area contributed by atoms with E-state index in [9.17, 15) is 5.11 Å². The van der Waals surface area contributed by atoms with E-state index >= 15 is 0 Å². The normalized spacial score (nSPS) is 44.3. The Kier molecular flexibility index (Phi) is 4.82. The number of nitrogen functional groups attached to an aromatic ring is 1. The molecule has 162 valence electrons. The molecular weight excluding hydrogens is 406 g/mol. The van der Waals surface area contributed by atoms with Gasteiger partial charge in [-0.15, -0.1) is 23.5 Å². The molecule has 7 atom stereocenters. The fraction of sp³-hybridized carbons (Fsp3) is 0.692. The maximum atomic E-state index is 11.0. The number of rotatable bonds is 1. The van der Waals surface area contributed by atoms with Crippen molar-refractivity contribution in [2.45, 2.75) is 68.0 Å². The van der Waals surface area contributed by atoms with E-state index in [1.54, 1.807) is 5.57 Å². The van der Waals surface area contributed by atoms with E-state index in [0.717, 1.165) is 36.3 Å². The molecule has 7 unspecified atom stereocenters. The van der Waals surface area contributed by atoms with Crippen molar-refractivity contribution in [3.05, 3.63) is 41.5 Å². The lowest BCUT2D eigenvalue weighted by atomic mass is 9.48. The summed E-state index contributed by atoms with van der Waals surface area (Å²) in [5.74, 6) is 6.15. The van der Waals surface area contributed by atoms with Gasteiger partial charge in [-0.05, 0) is 97.6 Å². The van der Waals surface area contributed by atoms with Crippen LogP contribution in [0.25, 0.3) is 0 Å². The zero-order valence-electron chi connectivity index (χ0n) is 18.1. The van der Waals surface area contributed by atoms with E-state index < -0.39 is 0 Å². The van der Waals surface area contributed by atoms with Crippen LogP contribution in [0.3, 0.4) is 0 Å². The average Bonchev–Trinajstić information content (AvgIpc) is 3.32. The lowest BCUT2D eigenvalue weighted by Crippen LogP contribution is -2.51. The molecule has 6 rings (SSSR count). The standard InChI is InChI=1S/C26H35NOS2/c1-25-15-21(16-2-5-18(27)6-3-16)24-19-10-11-26(29-12-13-30-26)14-17(19)4-7-20(24)22(25)8-9-23(25)28/h2-3,5-6,14,19-24,28H,4,7-13,15,27H2,1H3. The number of aliphatic hydroxyl groups excluding tert-OH is 1. The lowest BCUT2D eigenvalue weighted by Gasteiger charge is -2.57. The van der Waals surface area contributed by atoms with Crippen molar-refractivity contribution >= 4 is 29.2 Å². The number of hydrogen-bond acceptors (Lipinski definition) is 4. The second kappa shape index (κ2) is 7.22. The second-order valence-electron chi connectivity index (χ2n) is 10.8. The van der Waals surface area contributed by atoms with Gasteiger partial charge in [-0.25, -0.2) is 0 Å². The Bertz CT molecular complexity index is 845. The molecule has 0 radical (unpaired) electrons. The zero-order valence-corrected chi connectivity index (χ0v) is 19.7. The van der Waals surface area contributed by atoms with Crippen LogP contribution in [-0.2, 0) is 0 Å². The number of aliphatic hydroxyl groups is 1. The highest BCUT2D eigenvalue weighted by Crippen LogP contribution is 2.67. The van der Waals surface area contributed by atoms with Gasteiger partial charge in [-0.1, -0.05) is 30.7 Å². The summed E-state index contributed by atoms with van der Waals surface area (Å²) in [6.45, 7) is 2.41. The summed E-state index contributed by atoms with van der Waals surface area (Å²) < 4.78 is 0.391. The molecule has 30 heavy (non-hydrogen) atoms. The minimum atomic E-state index is -0.127. The van der Waals surface area contributed by atoms with Gasteiger partial charge >= 0.3 is 0 Å². The Hall–Kier alpha value is -0.580. The summed E-state index contributed by atoms with van der Waals surface area (Å²) in [4.78, 5) is 0. The molecule has 1 aliphatic heterocycles. The van der Waals surface area contributed by atoms with Crippen LogP contribution >= 0.6 is 23.5 Å². The van der Waals surface area contributed by atoms with Gasteiger partial charge in [-0.2, -0.15) is 0 Å². The number of thioether (sulfide) groups is 2. The van der Waals surface area contributed by atoms with Crippen LogP contribution in [0.1, 0.15) is 63.4 Å². The molecule has 0 amide bonds. The van der Waals surface area contributed by atoms with Crippen molar-refractivity contribution < 1.29 is 5.11 Å². The molecule has 1 saturated heterocycles. The van der Waals surface area contributed by atoms with Crippen LogP contribution < -0.4 is 5.73 Å².